The van der Waals surface area contributed by atoms with Crippen molar-refractivity contribution in [2.24, 2.45) is 0 Å². The summed E-state index contributed by atoms with van der Waals surface area (Å²) in [6.45, 7) is 18.9. The van der Waals surface area contributed by atoms with Crippen LogP contribution in [0, 0.1) is 25.8 Å². The second-order valence-corrected chi connectivity index (χ2v) is 6.42. The molecule has 0 atom stereocenters. The molecule has 0 saturated heterocycles. The Morgan fingerprint density at radius 2 is 2.12 bits per heavy atom. The van der Waals surface area contributed by atoms with Gasteiger partial charge in [-0.3, -0.25) is 0 Å². The highest BCUT2D eigenvalue weighted by atomic mass is 16.5. The standard InChI is InChI=1S/C22H27NO/c1-8-11-12-13-18-14-17(4)20(16-19(9-2)23-7)21(15-18)24-22(5,6)10-3/h3,9,14-16H,2,8,11-13H2,1,4-6H3. The zero-order chi connectivity index (χ0) is 18.2. The quantitative estimate of drug-likeness (QED) is 0.249. The van der Waals surface area contributed by atoms with Crippen molar-refractivity contribution in [3.8, 4) is 18.1 Å². The predicted molar refractivity (Wildman–Crippen MR) is 103 cm³/mol. The molecule has 0 amide bonds. The third-order valence-corrected chi connectivity index (χ3v) is 3.82. The van der Waals surface area contributed by atoms with Crippen molar-refractivity contribution in [2.45, 2.75) is 59.0 Å². The summed E-state index contributed by atoms with van der Waals surface area (Å²) >= 11 is 0. The van der Waals surface area contributed by atoms with E-state index in [4.69, 9.17) is 17.7 Å². The summed E-state index contributed by atoms with van der Waals surface area (Å²) in [5.41, 5.74) is 2.99. The van der Waals surface area contributed by atoms with E-state index in [1.165, 1.54) is 18.4 Å². The highest BCUT2D eigenvalue weighted by molar-refractivity contribution is 5.67. The zero-order valence-electron chi connectivity index (χ0n) is 15.3. The van der Waals surface area contributed by atoms with Crippen LogP contribution in [0.1, 0.15) is 56.7 Å². The van der Waals surface area contributed by atoms with Gasteiger partial charge in [-0.1, -0.05) is 37.8 Å². The van der Waals surface area contributed by atoms with Crippen molar-refractivity contribution < 1.29 is 4.74 Å². The minimum atomic E-state index is -0.705. The Hall–Kier alpha value is -2.45. The summed E-state index contributed by atoms with van der Waals surface area (Å²) in [6.07, 6.45) is 13.5. The van der Waals surface area contributed by atoms with Crippen LogP contribution in [0.5, 0.6) is 5.75 Å². The maximum absolute atomic E-state index is 7.23. The van der Waals surface area contributed by atoms with Crippen LogP contribution in [0.15, 0.2) is 30.5 Å². The van der Waals surface area contributed by atoms with E-state index >= 15 is 0 Å². The fraction of sp³-hybridized carbons (Fsp3) is 0.409. The summed E-state index contributed by atoms with van der Waals surface area (Å²) < 4.78 is 6.08. The molecule has 2 heteroatoms. The average Bonchev–Trinajstić information content (AvgIpc) is 2.54. The highest BCUT2D eigenvalue weighted by Gasteiger charge is 2.19. The molecule has 24 heavy (non-hydrogen) atoms. The minimum absolute atomic E-state index is 0.486. The molecular formula is C22H27NO. The van der Waals surface area contributed by atoms with Crippen LogP contribution in [0.25, 0.3) is 10.9 Å². The Bertz CT molecular complexity index is 696. The Balaban J connectivity index is 3.35. The number of hydrogen-bond acceptors (Lipinski definition) is 1. The third kappa shape index (κ3) is 5.64. The first-order chi connectivity index (χ1) is 11.4. The lowest BCUT2D eigenvalue weighted by Crippen LogP contribution is -2.26. The molecule has 0 N–H and O–H groups in total. The summed E-state index contributed by atoms with van der Waals surface area (Å²) in [6, 6.07) is 4.22. The fourth-order valence-electron chi connectivity index (χ4n) is 2.42. The van der Waals surface area contributed by atoms with Gasteiger partial charge in [0.2, 0.25) is 0 Å². The number of nitrogens with zero attached hydrogens (tertiary/aromatic N) is 1. The van der Waals surface area contributed by atoms with Gasteiger partial charge in [0, 0.05) is 5.56 Å². The van der Waals surface area contributed by atoms with Crippen molar-refractivity contribution in [2.75, 3.05) is 0 Å². The maximum Gasteiger partial charge on any atom is 0.187 e. The number of ether oxygens (including phenoxy) is 1. The molecule has 2 nitrogen and oxygen atoms in total. The van der Waals surface area contributed by atoms with Gasteiger partial charge in [-0.2, -0.15) is 0 Å². The lowest BCUT2D eigenvalue weighted by Gasteiger charge is -2.23. The number of benzene rings is 1. The van der Waals surface area contributed by atoms with Gasteiger partial charge in [0.05, 0.1) is 6.57 Å². The second-order valence-electron chi connectivity index (χ2n) is 6.42. The van der Waals surface area contributed by atoms with Crippen molar-refractivity contribution in [1.82, 2.24) is 0 Å². The molecule has 0 aliphatic heterocycles. The minimum Gasteiger partial charge on any atom is -0.475 e. The smallest absolute Gasteiger partial charge is 0.187 e. The molecular weight excluding hydrogens is 294 g/mol. The Morgan fingerprint density at radius 3 is 2.67 bits per heavy atom. The van der Waals surface area contributed by atoms with E-state index in [9.17, 15) is 0 Å². The van der Waals surface area contributed by atoms with Crippen molar-refractivity contribution >= 4 is 6.08 Å². The van der Waals surface area contributed by atoms with E-state index in [-0.39, 0.29) is 0 Å². The van der Waals surface area contributed by atoms with Crippen molar-refractivity contribution in [1.29, 1.82) is 0 Å². The Labute approximate surface area is 147 Å². The van der Waals surface area contributed by atoms with E-state index < -0.39 is 5.60 Å². The van der Waals surface area contributed by atoms with E-state index in [0.717, 1.165) is 29.7 Å². The normalized spacial score (nSPS) is 11.5. The predicted octanol–water partition coefficient (Wildman–Crippen LogP) is 5.96. The molecule has 0 aliphatic carbocycles. The molecule has 0 radical (unpaired) electrons. The summed E-state index contributed by atoms with van der Waals surface area (Å²) in [5, 5.41) is 0. The molecule has 1 aromatic rings. The fourth-order valence-corrected chi connectivity index (χ4v) is 2.42. The molecule has 0 spiro atoms. The lowest BCUT2D eigenvalue weighted by molar-refractivity contribution is 0.172. The van der Waals surface area contributed by atoms with Crippen molar-refractivity contribution in [3.05, 3.63) is 58.6 Å². The van der Waals surface area contributed by atoms with Crippen LogP contribution in [-0.4, -0.2) is 5.60 Å². The molecule has 126 valence electrons. The number of unbranched alkanes of at least 4 members (excludes halogenated alkanes) is 2. The number of aryl methyl sites for hydroxylation is 2. The highest BCUT2D eigenvalue weighted by Crippen LogP contribution is 2.31. The summed E-state index contributed by atoms with van der Waals surface area (Å²) in [5.74, 6) is 3.40. The molecule has 0 saturated carbocycles. The van der Waals surface area contributed by atoms with Crippen molar-refractivity contribution in [3.63, 3.8) is 0 Å². The molecule has 0 aliphatic rings. The van der Waals surface area contributed by atoms with Gasteiger partial charge in [-0.05, 0) is 56.9 Å². The summed E-state index contributed by atoms with van der Waals surface area (Å²) in [4.78, 5) is 3.48. The first kappa shape index (κ1) is 19.6. The van der Waals surface area contributed by atoms with Gasteiger partial charge in [0.15, 0.2) is 11.3 Å². The second kappa shape index (κ2) is 8.99. The number of terminal acetylenes is 1. The first-order valence-corrected chi connectivity index (χ1v) is 8.38. The van der Waals surface area contributed by atoms with Gasteiger partial charge in [0.1, 0.15) is 5.75 Å². The molecule has 0 heterocycles. The summed E-state index contributed by atoms with van der Waals surface area (Å²) in [7, 11) is 0. The topological polar surface area (TPSA) is 13.6 Å². The van der Waals surface area contributed by atoms with E-state index in [0.29, 0.717) is 5.70 Å². The Kier molecular flexibility index (Phi) is 7.34. The van der Waals surface area contributed by atoms with Crippen LogP contribution in [-0.2, 0) is 6.42 Å². The van der Waals surface area contributed by atoms with Gasteiger partial charge in [-0.25, -0.2) is 4.85 Å². The number of hydrogen-bond donors (Lipinski definition) is 0. The monoisotopic (exact) mass is 321 g/mol. The van der Waals surface area contributed by atoms with Crippen LogP contribution in [0.4, 0.5) is 0 Å². The van der Waals surface area contributed by atoms with E-state index in [2.05, 4.69) is 36.4 Å². The molecule has 0 unspecified atom stereocenters. The molecule has 0 aromatic heterocycles. The van der Waals surface area contributed by atoms with Gasteiger partial charge in [-0.15, -0.1) is 13.0 Å². The Morgan fingerprint density at radius 1 is 1.42 bits per heavy atom. The van der Waals surface area contributed by atoms with Crippen LogP contribution in [0.3, 0.4) is 0 Å². The van der Waals surface area contributed by atoms with E-state index in [1.807, 2.05) is 26.8 Å². The largest absolute Gasteiger partial charge is 0.475 e. The number of allylic oxidation sites excluding steroid dienone is 1. The van der Waals surface area contributed by atoms with Crippen LogP contribution in [0.2, 0.25) is 0 Å². The van der Waals surface area contributed by atoms with Gasteiger partial charge >= 0.3 is 0 Å². The lowest BCUT2D eigenvalue weighted by atomic mass is 9.98. The van der Waals surface area contributed by atoms with Crippen LogP contribution >= 0.6 is 0 Å². The molecule has 0 fully saturated rings. The van der Waals surface area contributed by atoms with E-state index in [1.54, 1.807) is 6.08 Å². The average molecular weight is 321 g/mol. The zero-order valence-corrected chi connectivity index (χ0v) is 15.3. The molecule has 1 rings (SSSR count). The van der Waals surface area contributed by atoms with Gasteiger partial charge in [0.25, 0.3) is 0 Å². The van der Waals surface area contributed by atoms with Crippen LogP contribution < -0.4 is 4.74 Å². The molecule has 1 aromatic carbocycles. The SMILES string of the molecule is [C-]#[N+]C(C=C)=Cc1c(C)cc(CCCCC)cc1OC(C)(C)C#C. The third-order valence-electron chi connectivity index (χ3n) is 3.82. The first-order valence-electron chi connectivity index (χ1n) is 8.38. The maximum atomic E-state index is 7.23. The number of rotatable bonds is 8. The molecule has 0 bridgehead atoms. The van der Waals surface area contributed by atoms with Gasteiger partial charge < -0.3 is 4.74 Å².